The molecule has 0 amide bonds. The highest BCUT2D eigenvalue weighted by atomic mass is 28.4. The Bertz CT molecular complexity index is 589. The lowest BCUT2D eigenvalue weighted by molar-refractivity contribution is -0.137. The summed E-state index contributed by atoms with van der Waals surface area (Å²) in [6, 6.07) is 0. The van der Waals surface area contributed by atoms with E-state index in [1.807, 2.05) is 0 Å². The van der Waals surface area contributed by atoms with Crippen molar-refractivity contribution in [1.29, 1.82) is 0 Å². The van der Waals surface area contributed by atoms with E-state index in [0.29, 0.717) is 12.8 Å². The van der Waals surface area contributed by atoms with Crippen LogP contribution in [0.1, 0.15) is 87.0 Å². The molecule has 1 N–H and O–H groups in total. The molecule has 0 rings (SSSR count). The molecular weight excluding hydrogens is 408 g/mol. The Morgan fingerprint density at radius 2 is 1.20 bits per heavy atom. The van der Waals surface area contributed by atoms with Gasteiger partial charge < -0.3 is 14.0 Å². The number of carboxylic acids is 1. The molecule has 0 saturated heterocycles. The molecule has 0 aliphatic heterocycles. The lowest BCUT2D eigenvalue weighted by Crippen LogP contribution is -2.44. The first-order valence-corrected chi connectivity index (χ1v) is 17.3. The minimum atomic E-state index is -2.00. The number of hydrogen-bond acceptors (Lipinski definition) is 3. The Hall–Kier alpha value is -0.616. The molecule has 0 saturated carbocycles. The van der Waals surface area contributed by atoms with Gasteiger partial charge in [0.2, 0.25) is 0 Å². The van der Waals surface area contributed by atoms with Crippen LogP contribution in [0.25, 0.3) is 0 Å². The van der Waals surface area contributed by atoms with E-state index in [4.69, 9.17) is 14.0 Å². The fraction of sp³-hybridized carbons (Fsp3) is 0.875. The summed E-state index contributed by atoms with van der Waals surface area (Å²) >= 11 is 0. The molecule has 0 heterocycles. The van der Waals surface area contributed by atoms with Crippen LogP contribution >= 0.6 is 0 Å². The van der Waals surface area contributed by atoms with Crippen LogP contribution in [0.4, 0.5) is 0 Å². The third kappa shape index (κ3) is 10.6. The zero-order valence-corrected chi connectivity index (χ0v) is 23.6. The third-order valence-corrected chi connectivity index (χ3v) is 15.5. The van der Waals surface area contributed by atoms with Crippen molar-refractivity contribution in [2.24, 2.45) is 0 Å². The molecule has 6 heteroatoms. The first-order valence-electron chi connectivity index (χ1n) is 11.5. The zero-order valence-electron chi connectivity index (χ0n) is 21.6. The summed E-state index contributed by atoms with van der Waals surface area (Å²) in [4.78, 5) is 11.0. The van der Waals surface area contributed by atoms with Gasteiger partial charge in [-0.25, -0.2) is 0 Å². The molecule has 4 nitrogen and oxygen atoms in total. The van der Waals surface area contributed by atoms with Crippen molar-refractivity contribution in [3.8, 4) is 11.8 Å². The second kappa shape index (κ2) is 11.8. The van der Waals surface area contributed by atoms with Crippen LogP contribution in [0, 0.1) is 11.8 Å². The van der Waals surface area contributed by atoms with Crippen molar-refractivity contribution >= 4 is 22.6 Å². The molecule has 0 spiro atoms. The quantitative estimate of drug-likeness (QED) is 0.263. The van der Waals surface area contributed by atoms with Crippen LogP contribution in [-0.2, 0) is 13.6 Å². The minimum absolute atomic E-state index is 0.0823. The van der Waals surface area contributed by atoms with E-state index in [9.17, 15) is 4.79 Å². The number of unbranched alkanes of at least 4 members (excludes halogenated alkanes) is 1. The zero-order chi connectivity index (χ0) is 23.8. The molecular formula is C24H48O4Si2. The van der Waals surface area contributed by atoms with E-state index in [2.05, 4.69) is 86.5 Å². The van der Waals surface area contributed by atoms with Crippen molar-refractivity contribution in [3.05, 3.63) is 0 Å². The number of aliphatic carboxylic acids is 1. The van der Waals surface area contributed by atoms with E-state index < -0.39 is 22.6 Å². The maximum atomic E-state index is 11.0. The second-order valence-electron chi connectivity index (χ2n) is 11.5. The molecule has 2 atom stereocenters. The standard InChI is InChI=1S/C24H48O4Si2/c1-12-13-15-20(27-29(8,9)23(2,3)4)18-19-21(16-14-17-22(25)26)28-30(10,11)24(5,6)7/h20-21H,12-17H2,1-11H3,(H,25,26)/t20-,21+/m1/s1. The van der Waals surface area contributed by atoms with Crippen LogP contribution < -0.4 is 0 Å². The molecule has 0 aromatic rings. The van der Waals surface area contributed by atoms with Gasteiger partial charge in [-0.15, -0.1) is 0 Å². The van der Waals surface area contributed by atoms with Crippen LogP contribution in [0.3, 0.4) is 0 Å². The monoisotopic (exact) mass is 456 g/mol. The van der Waals surface area contributed by atoms with Gasteiger partial charge in [-0.3, -0.25) is 4.79 Å². The highest BCUT2D eigenvalue weighted by Gasteiger charge is 2.40. The molecule has 0 aliphatic rings. The smallest absolute Gasteiger partial charge is 0.303 e. The predicted molar refractivity (Wildman–Crippen MR) is 133 cm³/mol. The topological polar surface area (TPSA) is 55.8 Å². The van der Waals surface area contributed by atoms with Gasteiger partial charge in [0, 0.05) is 6.42 Å². The summed E-state index contributed by atoms with van der Waals surface area (Å²) in [5.41, 5.74) is 0. The Morgan fingerprint density at radius 1 is 0.833 bits per heavy atom. The summed E-state index contributed by atoms with van der Waals surface area (Å²) in [6.45, 7) is 24.6. The normalized spacial score (nSPS) is 15.3. The second-order valence-corrected chi connectivity index (χ2v) is 21.0. The van der Waals surface area contributed by atoms with Gasteiger partial charge in [0.1, 0.15) is 12.2 Å². The average molecular weight is 457 g/mol. The van der Waals surface area contributed by atoms with E-state index in [1.54, 1.807) is 0 Å². The van der Waals surface area contributed by atoms with Gasteiger partial charge in [0.25, 0.3) is 0 Å². The summed E-state index contributed by atoms with van der Waals surface area (Å²) in [6.07, 6.45) is 4.17. The Morgan fingerprint density at radius 3 is 1.50 bits per heavy atom. The fourth-order valence-corrected chi connectivity index (χ4v) is 4.88. The third-order valence-electron chi connectivity index (χ3n) is 6.57. The lowest BCUT2D eigenvalue weighted by atomic mass is 10.1. The van der Waals surface area contributed by atoms with Crippen molar-refractivity contribution in [2.75, 3.05) is 0 Å². The molecule has 176 valence electrons. The van der Waals surface area contributed by atoms with Gasteiger partial charge >= 0.3 is 5.97 Å². The van der Waals surface area contributed by atoms with Gasteiger partial charge in [-0.1, -0.05) is 73.1 Å². The molecule has 0 aromatic heterocycles. The average Bonchev–Trinajstić information content (AvgIpc) is 2.54. The SMILES string of the molecule is CCCC[C@H](C#C[C@H](CCCC(=O)O)O[Si](C)(C)C(C)(C)C)O[Si](C)(C)C(C)(C)C. The van der Waals surface area contributed by atoms with Crippen LogP contribution in [0.15, 0.2) is 0 Å². The maximum absolute atomic E-state index is 11.0. The fourth-order valence-electron chi connectivity index (χ4n) is 2.40. The molecule has 0 fully saturated rings. The van der Waals surface area contributed by atoms with Gasteiger partial charge in [-0.05, 0) is 55.5 Å². The molecule has 0 bridgehead atoms. The highest BCUT2D eigenvalue weighted by molar-refractivity contribution is 6.74. The van der Waals surface area contributed by atoms with E-state index >= 15 is 0 Å². The molecule has 30 heavy (non-hydrogen) atoms. The highest BCUT2D eigenvalue weighted by Crippen LogP contribution is 2.39. The first kappa shape index (κ1) is 29.4. The first-order chi connectivity index (χ1) is 13.4. The molecule has 0 aliphatic carbocycles. The number of carbonyl (C=O) groups is 1. The van der Waals surface area contributed by atoms with Gasteiger partial charge in [0.15, 0.2) is 16.6 Å². The predicted octanol–water partition coefficient (Wildman–Crippen LogP) is 7.22. The lowest BCUT2D eigenvalue weighted by Gasteiger charge is -2.39. The summed E-state index contributed by atoms with van der Waals surface area (Å²) in [7, 11) is -3.92. The number of rotatable bonds is 11. The van der Waals surface area contributed by atoms with Crippen LogP contribution in [0.2, 0.25) is 36.3 Å². The van der Waals surface area contributed by atoms with Crippen molar-refractivity contribution in [1.82, 2.24) is 0 Å². The largest absolute Gasteiger partial charge is 0.481 e. The summed E-state index contributed by atoms with van der Waals surface area (Å²) in [5, 5.41) is 9.24. The van der Waals surface area contributed by atoms with Crippen molar-refractivity contribution < 1.29 is 18.8 Å². The Labute approximate surface area is 188 Å². The Kier molecular flexibility index (Phi) is 11.6. The van der Waals surface area contributed by atoms with Crippen molar-refractivity contribution in [2.45, 2.75) is 135 Å². The van der Waals surface area contributed by atoms with E-state index in [1.165, 1.54) is 0 Å². The van der Waals surface area contributed by atoms with Gasteiger partial charge in [-0.2, -0.15) is 0 Å². The minimum Gasteiger partial charge on any atom is -0.481 e. The number of hydrogen-bond donors (Lipinski definition) is 1. The van der Waals surface area contributed by atoms with Crippen LogP contribution in [0.5, 0.6) is 0 Å². The van der Waals surface area contributed by atoms with E-state index in [0.717, 1.165) is 19.3 Å². The van der Waals surface area contributed by atoms with E-state index in [-0.39, 0.29) is 28.7 Å². The molecule has 0 aromatic carbocycles. The van der Waals surface area contributed by atoms with Crippen LogP contribution in [-0.4, -0.2) is 39.9 Å². The maximum Gasteiger partial charge on any atom is 0.303 e. The number of carboxylic acid groups (broad SMARTS) is 1. The Balaban J connectivity index is 5.62. The van der Waals surface area contributed by atoms with Crippen molar-refractivity contribution in [3.63, 3.8) is 0 Å². The van der Waals surface area contributed by atoms with Gasteiger partial charge in [0.05, 0.1) is 0 Å². The molecule has 0 radical (unpaired) electrons. The summed E-state index contributed by atoms with van der Waals surface area (Å²) in [5.74, 6) is 6.01. The summed E-state index contributed by atoms with van der Waals surface area (Å²) < 4.78 is 13.2. The molecule has 0 unspecified atom stereocenters.